The Bertz CT molecular complexity index is 1190. The third-order valence-electron chi connectivity index (χ3n) is 8.01. The van der Waals surface area contributed by atoms with Gasteiger partial charge in [0, 0.05) is 12.8 Å². The fourth-order valence-electron chi connectivity index (χ4n) is 4.90. The van der Waals surface area contributed by atoms with Crippen molar-refractivity contribution in [3.05, 3.63) is 72.9 Å². The lowest BCUT2D eigenvalue weighted by Gasteiger charge is -2.18. The van der Waals surface area contributed by atoms with E-state index < -0.39 is 57.6 Å². The van der Waals surface area contributed by atoms with Crippen LogP contribution in [-0.4, -0.2) is 64.9 Å². The van der Waals surface area contributed by atoms with E-state index in [1.807, 2.05) is 0 Å². The molecule has 308 valence electrons. The zero-order valence-electron chi connectivity index (χ0n) is 33.0. The number of aliphatic hydroxyl groups excluding tert-OH is 1. The monoisotopic (exact) mass is 779 g/mol. The van der Waals surface area contributed by atoms with E-state index in [0.29, 0.717) is 12.8 Å². The molecule has 12 heteroatoms. The van der Waals surface area contributed by atoms with E-state index in [-0.39, 0.29) is 12.8 Å². The van der Waals surface area contributed by atoms with Crippen LogP contribution in [0.15, 0.2) is 72.9 Å². The van der Waals surface area contributed by atoms with Gasteiger partial charge in [-0.1, -0.05) is 138 Å². The number of hydrogen-bond donors (Lipinski definition) is 4. The highest BCUT2D eigenvalue weighted by molar-refractivity contribution is 7.47. The zero-order valence-corrected chi connectivity index (χ0v) is 33.9. The van der Waals surface area contributed by atoms with E-state index in [9.17, 15) is 34.1 Å². The van der Waals surface area contributed by atoms with E-state index >= 15 is 0 Å². The van der Waals surface area contributed by atoms with Gasteiger partial charge >= 0.3 is 19.8 Å². The number of rotatable bonds is 36. The number of amides is 1. The fourth-order valence-corrected chi connectivity index (χ4v) is 5.68. The second kappa shape index (κ2) is 36.9. The van der Waals surface area contributed by atoms with Gasteiger partial charge in [0.25, 0.3) is 0 Å². The molecule has 1 amide bonds. The van der Waals surface area contributed by atoms with Crippen LogP contribution in [0.3, 0.4) is 0 Å². The van der Waals surface area contributed by atoms with Gasteiger partial charge in [0.15, 0.2) is 6.04 Å². The Hall–Kier alpha value is -3.08. The second-order valence-electron chi connectivity index (χ2n) is 13.1. The van der Waals surface area contributed by atoms with Crippen molar-refractivity contribution in [3.8, 4) is 0 Å². The molecule has 4 N–H and O–H groups in total. The van der Waals surface area contributed by atoms with Crippen molar-refractivity contribution < 1.29 is 47.8 Å². The molecule has 0 spiro atoms. The summed E-state index contributed by atoms with van der Waals surface area (Å²) in [4.78, 5) is 45.6. The summed E-state index contributed by atoms with van der Waals surface area (Å²) < 4.78 is 26.7. The van der Waals surface area contributed by atoms with E-state index in [4.69, 9.17) is 13.8 Å². The molecule has 0 radical (unpaired) electrons. The minimum Gasteiger partial charge on any atom is -0.480 e. The third kappa shape index (κ3) is 35.9. The van der Waals surface area contributed by atoms with Crippen molar-refractivity contribution in [3.63, 3.8) is 0 Å². The molecule has 0 aliphatic rings. The van der Waals surface area contributed by atoms with Gasteiger partial charge in [0.05, 0.1) is 13.2 Å². The molecule has 0 heterocycles. The number of esters is 1. The number of phosphoric acid groups is 1. The first kappa shape index (κ1) is 50.9. The first-order valence-corrected chi connectivity index (χ1v) is 21.5. The molecule has 0 aliphatic heterocycles. The molecule has 0 aliphatic carbocycles. The number of carbonyl (C=O) groups is 3. The average Bonchev–Trinajstić information content (AvgIpc) is 3.14. The highest BCUT2D eigenvalue weighted by Crippen LogP contribution is 2.43. The van der Waals surface area contributed by atoms with Crippen LogP contribution in [-0.2, 0) is 32.7 Å². The topological polar surface area (TPSA) is 169 Å². The van der Waals surface area contributed by atoms with Gasteiger partial charge in [0.1, 0.15) is 12.7 Å². The third-order valence-corrected chi connectivity index (χ3v) is 8.96. The number of carboxylic acids is 1. The number of aliphatic hydroxyl groups is 1. The lowest BCUT2D eigenvalue weighted by molar-refractivity contribution is -0.147. The molecule has 0 aromatic carbocycles. The van der Waals surface area contributed by atoms with Crippen LogP contribution in [0.2, 0.25) is 0 Å². The molecule has 0 fully saturated rings. The van der Waals surface area contributed by atoms with Gasteiger partial charge in [-0.15, -0.1) is 0 Å². The normalized spacial score (nSPS) is 14.6. The van der Waals surface area contributed by atoms with E-state index in [0.717, 1.165) is 70.6 Å². The van der Waals surface area contributed by atoms with Gasteiger partial charge < -0.3 is 25.2 Å². The Morgan fingerprint density at radius 3 is 1.59 bits per heavy atom. The van der Waals surface area contributed by atoms with E-state index in [1.54, 1.807) is 0 Å². The predicted molar refractivity (Wildman–Crippen MR) is 217 cm³/mol. The van der Waals surface area contributed by atoms with Crippen LogP contribution < -0.4 is 5.32 Å². The molecule has 0 saturated carbocycles. The Labute approximate surface area is 325 Å². The number of allylic oxidation sites excluding steroid dienone is 12. The van der Waals surface area contributed by atoms with E-state index in [2.05, 4.69) is 92.1 Å². The van der Waals surface area contributed by atoms with Crippen molar-refractivity contribution in [2.24, 2.45) is 0 Å². The predicted octanol–water partition coefficient (Wildman–Crippen LogP) is 9.77. The maximum atomic E-state index is 12.2. The molecule has 0 aromatic rings. The number of unbranched alkanes of at least 4 members (excludes halogenated alkanes) is 10. The summed E-state index contributed by atoms with van der Waals surface area (Å²) in [5.41, 5.74) is 0. The standard InChI is InChI=1S/C42H70NO10P/c1-3-5-7-9-11-13-14-15-16-17-18-19-20-21-22-23-24-26-28-30-32-34-41(46)51-35-38(44)36-52-54(49,50)53-37-39(42(47)48)43-40(45)33-31-29-27-25-12-10-8-6-4-2/h5,7,11,13,15-16,18-19,21-22,24,26,38-39,44H,3-4,6,8-10,12,14,17,20,23,25,27-37H2,1-2H3,(H,43,45)(H,47,48)(H,49,50)/b7-5-,13-11-,16-15-,19-18-,22-21-,26-24-. The SMILES string of the molecule is CC/C=C\C/C=C\C/C=C\C/C=C\C/C=C\C/C=C\CCCCC(=O)OCC(O)COP(=O)(O)OCC(NC(=O)CCCCCCCCCCC)C(=O)O. The second-order valence-corrected chi connectivity index (χ2v) is 14.5. The fraction of sp³-hybridized carbons (Fsp3) is 0.643. The Morgan fingerprint density at radius 1 is 0.611 bits per heavy atom. The molecule has 11 nitrogen and oxygen atoms in total. The van der Waals surface area contributed by atoms with Gasteiger partial charge in [-0.05, 0) is 64.2 Å². The number of carbonyl (C=O) groups excluding carboxylic acids is 2. The van der Waals surface area contributed by atoms with Crippen LogP contribution in [0, 0.1) is 0 Å². The largest absolute Gasteiger partial charge is 0.480 e. The van der Waals surface area contributed by atoms with Crippen LogP contribution in [0.25, 0.3) is 0 Å². The van der Waals surface area contributed by atoms with Crippen LogP contribution in [0.1, 0.15) is 142 Å². The van der Waals surface area contributed by atoms with Crippen molar-refractivity contribution >= 4 is 25.7 Å². The summed E-state index contributed by atoms with van der Waals surface area (Å²) in [5.74, 6) is -2.43. The molecule has 0 rings (SSSR count). The number of phosphoric ester groups is 1. The molecule has 3 atom stereocenters. The number of aliphatic carboxylic acids is 1. The Kier molecular flexibility index (Phi) is 34.8. The van der Waals surface area contributed by atoms with Crippen molar-refractivity contribution in [2.45, 2.75) is 154 Å². The molecule has 0 bridgehead atoms. The number of carboxylic acid groups (broad SMARTS) is 1. The number of hydrogen-bond acceptors (Lipinski definition) is 8. The molecule has 54 heavy (non-hydrogen) atoms. The molecule has 0 aromatic heterocycles. The number of ether oxygens (including phenoxy) is 1. The summed E-state index contributed by atoms with van der Waals surface area (Å²) in [6, 6.07) is -1.55. The van der Waals surface area contributed by atoms with E-state index in [1.165, 1.54) is 32.1 Å². The smallest absolute Gasteiger partial charge is 0.472 e. The summed E-state index contributed by atoms with van der Waals surface area (Å²) in [7, 11) is -4.76. The van der Waals surface area contributed by atoms with Crippen LogP contribution in [0.5, 0.6) is 0 Å². The molecular formula is C42H70NO10P. The summed E-state index contributed by atoms with van der Waals surface area (Å²) >= 11 is 0. The van der Waals surface area contributed by atoms with Gasteiger partial charge in [0.2, 0.25) is 5.91 Å². The molecule has 0 saturated heterocycles. The average molecular weight is 780 g/mol. The lowest BCUT2D eigenvalue weighted by Crippen LogP contribution is -2.43. The molecule has 3 unspecified atom stereocenters. The van der Waals surface area contributed by atoms with Gasteiger partial charge in [-0.2, -0.15) is 0 Å². The van der Waals surface area contributed by atoms with Crippen molar-refractivity contribution in [1.82, 2.24) is 5.32 Å². The summed E-state index contributed by atoms with van der Waals surface area (Å²) in [6.07, 6.45) is 42.3. The summed E-state index contributed by atoms with van der Waals surface area (Å²) in [5, 5.41) is 21.7. The van der Waals surface area contributed by atoms with Gasteiger partial charge in [-0.25, -0.2) is 9.36 Å². The minimum atomic E-state index is -4.76. The highest BCUT2D eigenvalue weighted by Gasteiger charge is 2.28. The van der Waals surface area contributed by atoms with Crippen molar-refractivity contribution in [2.75, 3.05) is 19.8 Å². The summed E-state index contributed by atoms with van der Waals surface area (Å²) in [6.45, 7) is 2.37. The highest BCUT2D eigenvalue weighted by atomic mass is 31.2. The Balaban J connectivity index is 3.99. The van der Waals surface area contributed by atoms with Crippen molar-refractivity contribution in [1.29, 1.82) is 0 Å². The number of nitrogens with one attached hydrogen (secondary N) is 1. The molecular weight excluding hydrogens is 709 g/mol. The maximum absolute atomic E-state index is 12.2. The van der Waals surface area contributed by atoms with Crippen LogP contribution >= 0.6 is 7.82 Å². The van der Waals surface area contributed by atoms with Crippen LogP contribution in [0.4, 0.5) is 0 Å². The maximum Gasteiger partial charge on any atom is 0.472 e. The lowest BCUT2D eigenvalue weighted by atomic mass is 10.1. The Morgan fingerprint density at radius 2 is 1.07 bits per heavy atom. The minimum absolute atomic E-state index is 0.140. The van der Waals surface area contributed by atoms with Gasteiger partial charge in [-0.3, -0.25) is 18.6 Å². The quantitative estimate of drug-likeness (QED) is 0.0208. The zero-order chi connectivity index (χ0) is 40.0. The first-order chi connectivity index (χ1) is 26.1. The first-order valence-electron chi connectivity index (χ1n) is 20.0.